The zero-order chi connectivity index (χ0) is 20.1. The second-order valence-corrected chi connectivity index (χ2v) is 8.49. The molecule has 2 heterocycles. The maximum Gasteiger partial charge on any atom is 0.309 e. The van der Waals surface area contributed by atoms with Crippen LogP contribution in [0.1, 0.15) is 25.3 Å². The molecule has 0 radical (unpaired) electrons. The summed E-state index contributed by atoms with van der Waals surface area (Å²) in [4.78, 5) is 28.3. The molecule has 0 saturated carbocycles. The Labute approximate surface area is 174 Å². The fourth-order valence-electron chi connectivity index (χ4n) is 3.39. The van der Waals surface area contributed by atoms with Gasteiger partial charge in [0.15, 0.2) is 11.0 Å². The normalized spacial score (nSPS) is 23.9. The number of nitrogens with one attached hydrogen (secondary N) is 1. The molecule has 2 saturated heterocycles. The topological polar surface area (TPSA) is 60.3 Å². The van der Waals surface area contributed by atoms with Gasteiger partial charge in [-0.05, 0) is 30.7 Å². The number of amides is 1. The third-order valence-electron chi connectivity index (χ3n) is 4.98. The van der Waals surface area contributed by atoms with Crippen LogP contribution in [-0.2, 0) is 14.3 Å². The van der Waals surface area contributed by atoms with E-state index in [-0.39, 0.29) is 17.8 Å². The van der Waals surface area contributed by atoms with Crippen LogP contribution < -0.4 is 9.64 Å². The van der Waals surface area contributed by atoms with Crippen molar-refractivity contribution >= 4 is 46.3 Å². The second kappa shape index (κ2) is 9.54. The molecule has 0 unspecified atom stereocenters. The number of carbonyl (C=O) groups excluding carboxylic acids is 2. The fourth-order valence-corrected chi connectivity index (χ4v) is 4.65. The van der Waals surface area contributed by atoms with E-state index in [1.54, 1.807) is 12.0 Å². The standard InChI is InChI=1S/C20H24N2O4S2/c1-3-26-19(24)15-8-10-21(11-9-15)13-22-18(23)17(28-20(22)27)12-14-4-6-16(25-2)7-5-14/h4-7,12,15H,3,8-11,13H2,1-2H3/p+1/b17-12-. The van der Waals surface area contributed by atoms with Gasteiger partial charge in [-0.25, -0.2) is 4.90 Å². The fraction of sp³-hybridized carbons (Fsp3) is 0.450. The van der Waals surface area contributed by atoms with Crippen LogP contribution in [0.25, 0.3) is 6.08 Å². The van der Waals surface area contributed by atoms with Gasteiger partial charge in [0.2, 0.25) is 0 Å². The number of thiocarbonyl (C=S) groups is 1. The van der Waals surface area contributed by atoms with Crippen LogP contribution in [0.2, 0.25) is 0 Å². The van der Waals surface area contributed by atoms with Gasteiger partial charge in [0.05, 0.1) is 37.6 Å². The number of quaternary nitrogens is 1. The van der Waals surface area contributed by atoms with Crippen molar-refractivity contribution in [2.75, 3.05) is 33.5 Å². The van der Waals surface area contributed by atoms with E-state index < -0.39 is 0 Å². The van der Waals surface area contributed by atoms with Crippen molar-refractivity contribution < 1.29 is 24.0 Å². The summed E-state index contributed by atoms with van der Waals surface area (Å²) < 4.78 is 10.9. The zero-order valence-corrected chi connectivity index (χ0v) is 17.7. The van der Waals surface area contributed by atoms with Gasteiger partial charge in [0, 0.05) is 12.8 Å². The Morgan fingerprint density at radius 1 is 1.32 bits per heavy atom. The molecule has 1 aromatic rings. The molecule has 0 bridgehead atoms. The Morgan fingerprint density at radius 3 is 2.61 bits per heavy atom. The van der Waals surface area contributed by atoms with Crippen LogP contribution in [0.4, 0.5) is 0 Å². The molecule has 2 fully saturated rings. The van der Waals surface area contributed by atoms with Gasteiger partial charge >= 0.3 is 5.97 Å². The summed E-state index contributed by atoms with van der Waals surface area (Å²) in [5, 5.41) is 0. The molecule has 6 nitrogen and oxygen atoms in total. The number of esters is 1. The molecule has 1 aromatic carbocycles. The Morgan fingerprint density at radius 2 is 2.00 bits per heavy atom. The molecule has 0 spiro atoms. The van der Waals surface area contributed by atoms with Gasteiger partial charge in [0.1, 0.15) is 5.75 Å². The number of piperidine rings is 1. The quantitative estimate of drug-likeness (QED) is 0.429. The van der Waals surface area contributed by atoms with Gasteiger partial charge < -0.3 is 14.4 Å². The van der Waals surface area contributed by atoms with E-state index in [9.17, 15) is 9.59 Å². The molecule has 28 heavy (non-hydrogen) atoms. The number of hydrogen-bond acceptors (Lipinski definition) is 6. The van der Waals surface area contributed by atoms with Gasteiger partial charge in [-0.15, -0.1) is 0 Å². The van der Waals surface area contributed by atoms with Crippen LogP contribution in [0, 0.1) is 5.92 Å². The largest absolute Gasteiger partial charge is 0.497 e. The predicted molar refractivity (Wildman–Crippen MR) is 113 cm³/mol. The monoisotopic (exact) mass is 421 g/mol. The van der Waals surface area contributed by atoms with E-state index in [2.05, 4.69) is 0 Å². The summed E-state index contributed by atoms with van der Waals surface area (Å²) >= 11 is 6.78. The molecule has 2 aliphatic heterocycles. The highest BCUT2D eigenvalue weighted by atomic mass is 32.2. The smallest absolute Gasteiger partial charge is 0.309 e. The van der Waals surface area contributed by atoms with Gasteiger partial charge in [-0.2, -0.15) is 0 Å². The first-order chi connectivity index (χ1) is 13.5. The Kier molecular flexibility index (Phi) is 7.09. The average Bonchev–Trinajstić information content (AvgIpc) is 2.96. The number of methoxy groups -OCH3 is 1. The molecule has 1 N–H and O–H groups in total. The van der Waals surface area contributed by atoms with Crippen molar-refractivity contribution in [3.63, 3.8) is 0 Å². The number of hydrogen-bond donors (Lipinski definition) is 1. The highest BCUT2D eigenvalue weighted by molar-refractivity contribution is 8.26. The predicted octanol–water partition coefficient (Wildman–Crippen LogP) is 1.71. The van der Waals surface area contributed by atoms with E-state index in [0.717, 1.165) is 37.2 Å². The number of ether oxygens (including phenoxy) is 2. The van der Waals surface area contributed by atoms with Gasteiger partial charge in [0.25, 0.3) is 5.91 Å². The first-order valence-electron chi connectivity index (χ1n) is 9.41. The molecule has 2 aliphatic rings. The minimum Gasteiger partial charge on any atom is -0.497 e. The van der Waals surface area contributed by atoms with Crippen molar-refractivity contribution in [1.82, 2.24) is 4.90 Å². The molecule has 0 atom stereocenters. The number of carbonyl (C=O) groups is 2. The maximum absolute atomic E-state index is 12.8. The zero-order valence-electron chi connectivity index (χ0n) is 16.1. The van der Waals surface area contributed by atoms with Crippen molar-refractivity contribution in [2.24, 2.45) is 5.92 Å². The van der Waals surface area contributed by atoms with E-state index in [1.807, 2.05) is 37.3 Å². The Balaban J connectivity index is 1.58. The maximum atomic E-state index is 12.8. The average molecular weight is 422 g/mol. The number of likely N-dealkylation sites (tertiary alicyclic amines) is 1. The summed E-state index contributed by atoms with van der Waals surface area (Å²) in [5.41, 5.74) is 0.934. The molecular weight excluding hydrogens is 396 g/mol. The Bertz CT molecular complexity index is 771. The first-order valence-corrected chi connectivity index (χ1v) is 10.6. The summed E-state index contributed by atoms with van der Waals surface area (Å²) in [6.07, 6.45) is 3.43. The van der Waals surface area contributed by atoms with Crippen molar-refractivity contribution in [2.45, 2.75) is 19.8 Å². The number of thioether (sulfide) groups is 1. The highest BCUT2D eigenvalue weighted by Gasteiger charge is 2.36. The van der Waals surface area contributed by atoms with Crippen LogP contribution >= 0.6 is 24.0 Å². The SMILES string of the molecule is CCOC(=O)C1CC[NH+](CN2C(=O)/C(=C/c3ccc(OC)cc3)SC2=S)CC1. The lowest BCUT2D eigenvalue weighted by Gasteiger charge is -2.30. The molecule has 1 amide bonds. The molecule has 0 aliphatic carbocycles. The number of rotatable bonds is 6. The van der Waals surface area contributed by atoms with Gasteiger partial charge in [-0.1, -0.05) is 36.1 Å². The Hall–Kier alpha value is -1.90. The van der Waals surface area contributed by atoms with Crippen LogP contribution in [-0.4, -0.2) is 54.6 Å². The van der Waals surface area contributed by atoms with Crippen molar-refractivity contribution in [3.8, 4) is 5.75 Å². The molecule has 150 valence electrons. The summed E-state index contributed by atoms with van der Waals surface area (Å²) in [7, 11) is 1.62. The number of nitrogens with zero attached hydrogens (tertiary/aromatic N) is 1. The van der Waals surface area contributed by atoms with Crippen LogP contribution in [0.5, 0.6) is 5.75 Å². The summed E-state index contributed by atoms with van der Waals surface area (Å²) in [6.45, 7) is 4.45. The minimum atomic E-state index is -0.102. The van der Waals surface area contributed by atoms with E-state index in [1.165, 1.54) is 16.7 Å². The molecule has 0 aromatic heterocycles. The summed E-state index contributed by atoms with van der Waals surface area (Å²) in [5.74, 6) is 0.602. The lowest BCUT2D eigenvalue weighted by atomic mass is 9.97. The first kappa shape index (κ1) is 20.8. The third kappa shape index (κ3) is 4.92. The lowest BCUT2D eigenvalue weighted by Crippen LogP contribution is -3.14. The summed E-state index contributed by atoms with van der Waals surface area (Å²) in [6, 6.07) is 7.56. The number of benzene rings is 1. The van der Waals surface area contributed by atoms with Gasteiger partial charge in [-0.3, -0.25) is 9.59 Å². The van der Waals surface area contributed by atoms with E-state index >= 15 is 0 Å². The van der Waals surface area contributed by atoms with Crippen molar-refractivity contribution in [3.05, 3.63) is 34.7 Å². The molecular formula is C20H25N2O4S2+. The highest BCUT2D eigenvalue weighted by Crippen LogP contribution is 2.32. The van der Waals surface area contributed by atoms with E-state index in [0.29, 0.717) is 22.5 Å². The third-order valence-corrected chi connectivity index (χ3v) is 6.36. The molecule has 3 rings (SSSR count). The molecule has 8 heteroatoms. The van der Waals surface area contributed by atoms with Crippen LogP contribution in [0.15, 0.2) is 29.2 Å². The van der Waals surface area contributed by atoms with Crippen molar-refractivity contribution in [1.29, 1.82) is 0 Å². The minimum absolute atomic E-state index is 0.0233. The second-order valence-electron chi connectivity index (χ2n) is 6.82. The lowest BCUT2D eigenvalue weighted by molar-refractivity contribution is -0.912. The van der Waals surface area contributed by atoms with Crippen LogP contribution in [0.3, 0.4) is 0 Å². The van der Waals surface area contributed by atoms with E-state index in [4.69, 9.17) is 21.7 Å².